The van der Waals surface area contributed by atoms with Crippen molar-refractivity contribution in [1.82, 2.24) is 0 Å². The van der Waals surface area contributed by atoms with Crippen LogP contribution in [0.5, 0.6) is 11.5 Å². The van der Waals surface area contributed by atoms with Crippen LogP contribution in [-0.2, 0) is 4.74 Å². The zero-order chi connectivity index (χ0) is 17.2. The maximum absolute atomic E-state index is 11.4. The monoisotopic (exact) mass is 327 g/mol. The lowest BCUT2D eigenvalue weighted by atomic mass is 10.2. The second-order valence-electron chi connectivity index (χ2n) is 4.95. The van der Waals surface area contributed by atoms with Crippen molar-refractivity contribution >= 4 is 18.1 Å². The van der Waals surface area contributed by atoms with E-state index in [0.717, 1.165) is 23.4 Å². The van der Waals surface area contributed by atoms with Crippen molar-refractivity contribution in [3.63, 3.8) is 0 Å². The molecular weight excluding hydrogens is 306 g/mol. The molecule has 2 rings (SSSR count). The van der Waals surface area contributed by atoms with Gasteiger partial charge in [0.25, 0.3) is 0 Å². The Kier molecular flexibility index (Phi) is 6.83. The molecule has 0 saturated carbocycles. The summed E-state index contributed by atoms with van der Waals surface area (Å²) < 4.78 is 15.3. The Labute approximate surface area is 141 Å². The van der Waals surface area contributed by atoms with Crippen molar-refractivity contribution in [1.29, 1.82) is 0 Å². The van der Waals surface area contributed by atoms with Crippen LogP contribution in [0.1, 0.15) is 25.8 Å². The van der Waals surface area contributed by atoms with Crippen LogP contribution < -0.4 is 9.47 Å². The summed E-state index contributed by atoms with van der Waals surface area (Å²) in [5, 5.41) is 0. The molecule has 0 unspecified atom stereocenters. The average molecular weight is 327 g/mol. The third kappa shape index (κ3) is 5.76. The fourth-order valence-electron chi connectivity index (χ4n) is 1.88. The summed E-state index contributed by atoms with van der Waals surface area (Å²) in [6.45, 7) is 4.87. The number of nitrogens with zero attached hydrogens (tertiary/aromatic N) is 1. The number of carbonyl (C=O) groups excluding carboxylic acids is 1. The Balaban J connectivity index is 1.92. The van der Waals surface area contributed by atoms with Crippen LogP contribution in [0, 0.1) is 0 Å². The Morgan fingerprint density at radius 3 is 2.29 bits per heavy atom. The number of hydrogen-bond donors (Lipinski definition) is 0. The predicted molar refractivity (Wildman–Crippen MR) is 93.6 cm³/mol. The van der Waals surface area contributed by atoms with Crippen molar-refractivity contribution < 1.29 is 19.0 Å². The molecule has 5 nitrogen and oxygen atoms in total. The van der Waals surface area contributed by atoms with Crippen LogP contribution in [0.2, 0.25) is 0 Å². The smallest absolute Gasteiger partial charge is 0.494 e. The molecule has 0 aliphatic heterocycles. The van der Waals surface area contributed by atoms with Crippen LogP contribution in [-0.4, -0.2) is 25.6 Å². The number of hydrogen-bond acceptors (Lipinski definition) is 5. The molecule has 0 aliphatic carbocycles. The lowest BCUT2D eigenvalue weighted by Gasteiger charge is -2.04. The SMILES string of the molecule is CCCOC(=O)Oc1ccc(N=Cc2ccc(OCC)cc2)cc1. The molecule has 0 spiro atoms. The number of benzene rings is 2. The molecule has 0 aliphatic rings. The molecule has 24 heavy (non-hydrogen) atoms. The first-order valence-corrected chi connectivity index (χ1v) is 7.93. The lowest BCUT2D eigenvalue weighted by Crippen LogP contribution is -2.10. The fraction of sp³-hybridized carbons (Fsp3) is 0.263. The number of aliphatic imine (C=N–C) groups is 1. The summed E-state index contributed by atoms with van der Waals surface area (Å²) in [5.41, 5.74) is 1.74. The van der Waals surface area contributed by atoms with Gasteiger partial charge in [-0.25, -0.2) is 4.79 Å². The van der Waals surface area contributed by atoms with Crippen LogP contribution >= 0.6 is 0 Å². The largest absolute Gasteiger partial charge is 0.513 e. The molecule has 0 saturated heterocycles. The molecule has 0 amide bonds. The van der Waals surface area contributed by atoms with Crippen molar-refractivity contribution in [3.05, 3.63) is 54.1 Å². The summed E-state index contributed by atoms with van der Waals surface area (Å²) in [5.74, 6) is 1.27. The van der Waals surface area contributed by atoms with E-state index in [-0.39, 0.29) is 0 Å². The van der Waals surface area contributed by atoms with Gasteiger partial charge in [-0.2, -0.15) is 0 Å². The topological polar surface area (TPSA) is 57.1 Å². The van der Waals surface area contributed by atoms with Crippen molar-refractivity contribution in [2.45, 2.75) is 20.3 Å². The number of ether oxygens (including phenoxy) is 3. The minimum absolute atomic E-state index is 0.350. The quantitative estimate of drug-likeness (QED) is 0.418. The van der Waals surface area contributed by atoms with Crippen LogP contribution in [0.15, 0.2) is 53.5 Å². The van der Waals surface area contributed by atoms with E-state index in [0.29, 0.717) is 19.0 Å². The van der Waals surface area contributed by atoms with E-state index in [1.54, 1.807) is 30.5 Å². The molecule has 0 atom stereocenters. The first-order valence-electron chi connectivity index (χ1n) is 7.93. The van der Waals surface area contributed by atoms with Gasteiger partial charge in [0.2, 0.25) is 0 Å². The average Bonchev–Trinajstić information content (AvgIpc) is 2.61. The molecule has 0 fully saturated rings. The Bertz CT molecular complexity index is 663. The Hall–Kier alpha value is -2.82. The molecular formula is C19H21NO4. The summed E-state index contributed by atoms with van der Waals surface area (Å²) >= 11 is 0. The highest BCUT2D eigenvalue weighted by atomic mass is 16.7. The summed E-state index contributed by atoms with van der Waals surface area (Å²) in [6, 6.07) is 14.6. The zero-order valence-electron chi connectivity index (χ0n) is 13.9. The highest BCUT2D eigenvalue weighted by molar-refractivity contribution is 5.82. The van der Waals surface area contributed by atoms with Crippen LogP contribution in [0.4, 0.5) is 10.5 Å². The van der Waals surface area contributed by atoms with E-state index in [4.69, 9.17) is 14.2 Å². The molecule has 2 aromatic rings. The van der Waals surface area contributed by atoms with Gasteiger partial charge >= 0.3 is 6.16 Å². The van der Waals surface area contributed by atoms with Crippen LogP contribution in [0.25, 0.3) is 0 Å². The summed E-state index contributed by atoms with van der Waals surface area (Å²) in [6.07, 6.45) is 1.83. The van der Waals surface area contributed by atoms with E-state index < -0.39 is 6.16 Å². The molecule has 0 radical (unpaired) electrons. The number of rotatable bonds is 7. The molecule has 0 bridgehead atoms. The van der Waals surface area contributed by atoms with E-state index >= 15 is 0 Å². The zero-order valence-corrected chi connectivity index (χ0v) is 13.9. The molecule has 126 valence electrons. The lowest BCUT2D eigenvalue weighted by molar-refractivity contribution is 0.0992. The van der Waals surface area contributed by atoms with E-state index in [1.165, 1.54) is 0 Å². The highest BCUT2D eigenvalue weighted by Crippen LogP contribution is 2.19. The van der Waals surface area contributed by atoms with Gasteiger partial charge in [-0.3, -0.25) is 4.99 Å². The highest BCUT2D eigenvalue weighted by Gasteiger charge is 2.04. The van der Waals surface area contributed by atoms with Crippen LogP contribution in [0.3, 0.4) is 0 Å². The van der Waals surface area contributed by atoms with Crippen molar-refractivity contribution in [3.8, 4) is 11.5 Å². The molecule has 0 aromatic heterocycles. The number of carbonyl (C=O) groups is 1. The third-order valence-corrected chi connectivity index (χ3v) is 3.02. The standard InChI is InChI=1S/C19H21NO4/c1-3-13-23-19(21)24-18-11-7-16(8-12-18)20-14-15-5-9-17(10-6-15)22-4-2/h5-12,14H,3-4,13H2,1-2H3. The maximum Gasteiger partial charge on any atom is 0.513 e. The Morgan fingerprint density at radius 2 is 1.67 bits per heavy atom. The van der Waals surface area contributed by atoms with Gasteiger partial charge in [0.1, 0.15) is 11.5 Å². The predicted octanol–water partition coefficient (Wildman–Crippen LogP) is 4.76. The second-order valence-corrected chi connectivity index (χ2v) is 4.95. The van der Waals surface area contributed by atoms with Gasteiger partial charge in [-0.1, -0.05) is 6.92 Å². The minimum atomic E-state index is -0.692. The van der Waals surface area contributed by atoms with Gasteiger partial charge in [-0.15, -0.1) is 0 Å². The van der Waals surface area contributed by atoms with Crippen molar-refractivity contribution in [2.24, 2.45) is 4.99 Å². The summed E-state index contributed by atoms with van der Waals surface area (Å²) in [7, 11) is 0. The van der Waals surface area contributed by atoms with E-state index in [2.05, 4.69) is 4.99 Å². The Morgan fingerprint density at radius 1 is 1.00 bits per heavy atom. The molecule has 5 heteroatoms. The maximum atomic E-state index is 11.4. The normalized spacial score (nSPS) is 10.6. The van der Waals surface area contributed by atoms with Gasteiger partial charge in [-0.05, 0) is 67.4 Å². The van der Waals surface area contributed by atoms with Gasteiger partial charge in [0.05, 0.1) is 18.9 Å². The van der Waals surface area contributed by atoms with Gasteiger partial charge in [0, 0.05) is 6.21 Å². The van der Waals surface area contributed by atoms with Crippen molar-refractivity contribution in [2.75, 3.05) is 13.2 Å². The van der Waals surface area contributed by atoms with Gasteiger partial charge < -0.3 is 14.2 Å². The first kappa shape index (κ1) is 17.5. The van der Waals surface area contributed by atoms with E-state index in [1.807, 2.05) is 38.1 Å². The van der Waals surface area contributed by atoms with E-state index in [9.17, 15) is 4.79 Å². The third-order valence-electron chi connectivity index (χ3n) is 3.02. The second kappa shape index (κ2) is 9.35. The summed E-state index contributed by atoms with van der Waals surface area (Å²) in [4.78, 5) is 15.7. The first-order chi connectivity index (χ1) is 11.7. The minimum Gasteiger partial charge on any atom is -0.494 e. The molecule has 0 heterocycles. The molecule has 2 aromatic carbocycles. The fourth-order valence-corrected chi connectivity index (χ4v) is 1.88. The van der Waals surface area contributed by atoms with Gasteiger partial charge in [0.15, 0.2) is 0 Å². The molecule has 0 N–H and O–H groups in total.